The second kappa shape index (κ2) is 7.74. The Morgan fingerprint density at radius 3 is 2.44 bits per heavy atom. The molecule has 0 spiro atoms. The summed E-state index contributed by atoms with van der Waals surface area (Å²) in [6.07, 6.45) is -2.75. The van der Waals surface area contributed by atoms with E-state index >= 15 is 0 Å². The Balaban J connectivity index is 2.32. The summed E-state index contributed by atoms with van der Waals surface area (Å²) < 4.78 is 38.7. The van der Waals surface area contributed by atoms with E-state index < -0.39 is 23.6 Å². The molecule has 2 aromatic carbocycles. The van der Waals surface area contributed by atoms with Crippen LogP contribution in [0, 0.1) is 4.91 Å². The molecule has 0 aliphatic heterocycles. The average Bonchev–Trinajstić information content (AvgIpc) is 2.59. The molecular formula is C18H16F3N2O2+. The highest BCUT2D eigenvalue weighted by atomic mass is 19.4. The van der Waals surface area contributed by atoms with Gasteiger partial charge in [0, 0.05) is 27.9 Å². The van der Waals surface area contributed by atoms with Crippen LogP contribution >= 0.6 is 0 Å². The van der Waals surface area contributed by atoms with Crippen LogP contribution in [0.5, 0.6) is 0 Å². The maximum Gasteiger partial charge on any atom is 0.416 e. The summed E-state index contributed by atoms with van der Waals surface area (Å²) in [6, 6.07) is 11.5. The van der Waals surface area contributed by atoms with Gasteiger partial charge in [-0.15, -0.1) is 6.58 Å². The number of nitrogens with one attached hydrogen (secondary N) is 2. The van der Waals surface area contributed by atoms with Crippen molar-refractivity contribution in [2.45, 2.75) is 18.5 Å². The van der Waals surface area contributed by atoms with Crippen molar-refractivity contribution in [3.8, 4) is 0 Å². The molecule has 2 rings (SSSR count). The monoisotopic (exact) mass is 349 g/mol. The van der Waals surface area contributed by atoms with Gasteiger partial charge < -0.3 is 5.32 Å². The molecule has 2 aromatic rings. The van der Waals surface area contributed by atoms with Gasteiger partial charge in [-0.05, 0) is 18.1 Å². The highest BCUT2D eigenvalue weighted by Crippen LogP contribution is 2.33. The predicted molar refractivity (Wildman–Crippen MR) is 88.1 cm³/mol. The second-order valence-electron chi connectivity index (χ2n) is 5.38. The van der Waals surface area contributed by atoms with Crippen molar-refractivity contribution in [1.82, 2.24) is 0 Å². The fourth-order valence-corrected chi connectivity index (χ4v) is 2.40. The number of alkyl halides is 3. The number of anilines is 1. The minimum atomic E-state index is -4.63. The predicted octanol–water partition coefficient (Wildman–Crippen LogP) is 3.48. The standard InChI is InChI=1S/C18H15F3N2O2/c1-2-6-16(12-7-4-3-5-8-12)17(24)22-14-9-13(18(19,20)21)10-15(11-14)23-25/h2-5,7-11,16H,1,6H2,(H,22,24)/p+1. The lowest BCUT2D eigenvalue weighted by molar-refractivity contribution is -0.379. The molecule has 0 aromatic heterocycles. The molecule has 0 radical (unpaired) electrons. The van der Waals surface area contributed by atoms with E-state index in [9.17, 15) is 22.9 Å². The molecule has 0 fully saturated rings. The Labute approximate surface area is 142 Å². The molecule has 130 valence electrons. The first-order valence-electron chi connectivity index (χ1n) is 7.42. The Bertz CT molecular complexity index is 774. The minimum Gasteiger partial charge on any atom is -0.325 e. The Morgan fingerprint density at radius 2 is 1.88 bits per heavy atom. The largest absolute Gasteiger partial charge is 0.416 e. The summed E-state index contributed by atoms with van der Waals surface area (Å²) in [6.45, 7) is 3.61. The highest BCUT2D eigenvalue weighted by Gasteiger charge is 2.32. The lowest BCUT2D eigenvalue weighted by Crippen LogP contribution is -2.55. The summed E-state index contributed by atoms with van der Waals surface area (Å²) in [5.41, 5.74) is -0.703. The van der Waals surface area contributed by atoms with Crippen molar-refractivity contribution in [3.05, 3.63) is 77.2 Å². The summed E-state index contributed by atoms with van der Waals surface area (Å²) in [5.74, 6) is -1.08. The number of nitroso groups, excluding NO2 is 1. The maximum atomic E-state index is 12.9. The first-order chi connectivity index (χ1) is 11.8. The van der Waals surface area contributed by atoms with Crippen LogP contribution in [0.4, 0.5) is 24.5 Å². The summed E-state index contributed by atoms with van der Waals surface area (Å²) in [4.78, 5) is 23.3. The van der Waals surface area contributed by atoms with Crippen LogP contribution in [-0.2, 0) is 11.0 Å². The minimum absolute atomic E-state index is 0.108. The fourth-order valence-electron chi connectivity index (χ4n) is 2.40. The molecule has 2 N–H and O–H groups in total. The Kier molecular flexibility index (Phi) is 5.69. The van der Waals surface area contributed by atoms with Crippen LogP contribution in [0.3, 0.4) is 0 Å². The highest BCUT2D eigenvalue weighted by molar-refractivity contribution is 5.96. The third-order valence-corrected chi connectivity index (χ3v) is 3.57. The van der Waals surface area contributed by atoms with Crippen LogP contribution in [0.1, 0.15) is 23.5 Å². The second-order valence-corrected chi connectivity index (χ2v) is 5.38. The van der Waals surface area contributed by atoms with Crippen LogP contribution in [0.25, 0.3) is 0 Å². The number of allylic oxidation sites excluding steroid dienone is 1. The SMILES string of the molecule is C=CCC(C(=O)Nc1cc([NH+]=O)cc(C(F)(F)F)c1)c1ccccc1. The first-order valence-corrected chi connectivity index (χ1v) is 7.42. The van der Waals surface area contributed by atoms with Crippen molar-refractivity contribution >= 4 is 17.3 Å². The molecule has 0 aliphatic carbocycles. The van der Waals surface area contributed by atoms with Crippen molar-refractivity contribution in [1.29, 1.82) is 0 Å². The third kappa shape index (κ3) is 4.76. The molecule has 1 atom stereocenters. The van der Waals surface area contributed by atoms with E-state index in [0.29, 0.717) is 18.1 Å². The van der Waals surface area contributed by atoms with Crippen molar-refractivity contribution in [2.75, 3.05) is 5.32 Å². The third-order valence-electron chi connectivity index (χ3n) is 3.57. The average molecular weight is 349 g/mol. The Hall–Kier alpha value is -2.96. The zero-order chi connectivity index (χ0) is 18.4. The molecule has 4 nitrogen and oxygen atoms in total. The normalized spacial score (nSPS) is 12.3. The molecule has 0 saturated heterocycles. The number of rotatable bonds is 6. The number of benzene rings is 2. The van der Waals surface area contributed by atoms with Gasteiger partial charge in [0.2, 0.25) is 5.91 Å². The van der Waals surface area contributed by atoms with Gasteiger partial charge in [0.05, 0.1) is 11.5 Å². The summed E-state index contributed by atoms with van der Waals surface area (Å²) >= 11 is 0. The lowest BCUT2D eigenvalue weighted by atomic mass is 9.94. The van der Waals surface area contributed by atoms with Crippen LogP contribution in [0.15, 0.2) is 61.2 Å². The van der Waals surface area contributed by atoms with Crippen molar-refractivity contribution in [2.24, 2.45) is 0 Å². The smallest absolute Gasteiger partial charge is 0.325 e. The van der Waals surface area contributed by atoms with Gasteiger partial charge in [0.15, 0.2) is 0 Å². The molecule has 0 heterocycles. The molecule has 25 heavy (non-hydrogen) atoms. The number of hydrogen-bond donors (Lipinski definition) is 2. The number of hydrogen-bond acceptors (Lipinski definition) is 2. The quantitative estimate of drug-likeness (QED) is 0.785. The van der Waals surface area contributed by atoms with Crippen LogP contribution in [-0.4, -0.2) is 5.91 Å². The van der Waals surface area contributed by atoms with Gasteiger partial charge in [0.25, 0.3) is 5.69 Å². The van der Waals surface area contributed by atoms with E-state index in [0.717, 1.165) is 12.1 Å². The Morgan fingerprint density at radius 1 is 1.20 bits per heavy atom. The van der Waals surface area contributed by atoms with Gasteiger partial charge in [-0.25, -0.2) is 0 Å². The van der Waals surface area contributed by atoms with E-state index in [1.807, 2.05) is 0 Å². The fraction of sp³-hybridized carbons (Fsp3) is 0.167. The van der Waals surface area contributed by atoms with Gasteiger partial charge >= 0.3 is 6.18 Å². The number of amides is 1. The van der Waals surface area contributed by atoms with Crippen molar-refractivity contribution < 1.29 is 23.1 Å². The van der Waals surface area contributed by atoms with Gasteiger partial charge in [-0.2, -0.15) is 13.2 Å². The zero-order valence-corrected chi connectivity index (χ0v) is 13.1. The van der Waals surface area contributed by atoms with Gasteiger partial charge in [0.1, 0.15) is 0 Å². The van der Waals surface area contributed by atoms with E-state index in [1.165, 1.54) is 5.18 Å². The number of carbonyl (C=O) groups excluding carboxylic acids is 1. The molecule has 0 aliphatic rings. The van der Waals surface area contributed by atoms with Crippen molar-refractivity contribution in [3.63, 3.8) is 0 Å². The molecule has 0 saturated carbocycles. The molecule has 1 amide bonds. The van der Waals surface area contributed by atoms with Gasteiger partial charge in [-0.3, -0.25) is 4.79 Å². The zero-order valence-electron chi connectivity index (χ0n) is 13.1. The van der Waals surface area contributed by atoms with E-state index in [-0.39, 0.29) is 11.4 Å². The first kappa shape index (κ1) is 18.4. The lowest BCUT2D eigenvalue weighted by Gasteiger charge is -2.16. The topological polar surface area (TPSA) is 60.1 Å². The molecule has 7 heteroatoms. The molecular weight excluding hydrogens is 333 g/mol. The summed E-state index contributed by atoms with van der Waals surface area (Å²) in [7, 11) is 0. The molecule has 1 unspecified atom stereocenters. The maximum absolute atomic E-state index is 12.9. The van der Waals surface area contributed by atoms with E-state index in [4.69, 9.17) is 0 Å². The van der Waals surface area contributed by atoms with Gasteiger partial charge in [-0.1, -0.05) is 36.4 Å². The van der Waals surface area contributed by atoms with Crippen LogP contribution < -0.4 is 10.5 Å². The number of halogens is 3. The number of carbonyl (C=O) groups is 1. The van der Waals surface area contributed by atoms with E-state index in [2.05, 4.69) is 11.9 Å². The van der Waals surface area contributed by atoms with Crippen LogP contribution in [0.2, 0.25) is 0 Å². The molecule has 0 bridgehead atoms. The van der Waals surface area contributed by atoms with E-state index in [1.54, 1.807) is 36.4 Å². The summed E-state index contributed by atoms with van der Waals surface area (Å²) in [5, 5.41) is 3.87.